The van der Waals surface area contributed by atoms with Crippen LogP contribution in [0.4, 0.5) is 4.79 Å². The van der Waals surface area contributed by atoms with E-state index in [1.807, 2.05) is 31.2 Å². The standard InChI is InChI=1S/C17H20N6O3S/c1-4-26-15(24)14-11(3)18-16(25)19-13(14)9-27-17-20-21-22-23(17)12-7-5-10(2)6-8-12/h5-8,11H,4,9H2,1-3H3,(H2,18,19,25). The van der Waals surface area contributed by atoms with Gasteiger partial charge in [-0.15, -0.1) is 5.10 Å². The zero-order chi connectivity index (χ0) is 19.4. The molecule has 3 rings (SSSR count). The first-order chi connectivity index (χ1) is 13.0. The average molecular weight is 388 g/mol. The van der Waals surface area contributed by atoms with Crippen molar-refractivity contribution in [2.24, 2.45) is 0 Å². The molecule has 142 valence electrons. The van der Waals surface area contributed by atoms with Crippen LogP contribution in [0, 0.1) is 6.92 Å². The number of nitrogens with zero attached hydrogens (tertiary/aromatic N) is 4. The summed E-state index contributed by atoms with van der Waals surface area (Å²) in [5, 5.41) is 17.7. The Kier molecular flexibility index (Phi) is 5.75. The predicted octanol–water partition coefficient (Wildman–Crippen LogP) is 1.58. The SMILES string of the molecule is CCOC(=O)C1=C(CSc2nnnn2-c2ccc(C)cc2)NC(=O)NC1C. The van der Waals surface area contributed by atoms with Crippen LogP contribution in [0.3, 0.4) is 0 Å². The van der Waals surface area contributed by atoms with E-state index >= 15 is 0 Å². The molecule has 1 aliphatic heterocycles. The quantitative estimate of drug-likeness (QED) is 0.571. The number of hydrogen-bond donors (Lipinski definition) is 2. The fourth-order valence-corrected chi connectivity index (χ4v) is 3.51. The van der Waals surface area contributed by atoms with Gasteiger partial charge in [0.25, 0.3) is 0 Å². The van der Waals surface area contributed by atoms with Crippen molar-refractivity contribution in [2.45, 2.75) is 32.0 Å². The molecule has 9 nitrogen and oxygen atoms in total. The minimum absolute atomic E-state index is 0.259. The zero-order valence-corrected chi connectivity index (χ0v) is 16.0. The molecule has 1 aromatic carbocycles. The third kappa shape index (κ3) is 4.27. The van der Waals surface area contributed by atoms with Crippen molar-refractivity contribution in [1.82, 2.24) is 30.8 Å². The molecule has 1 unspecified atom stereocenters. The van der Waals surface area contributed by atoms with Gasteiger partial charge in [0, 0.05) is 11.4 Å². The van der Waals surface area contributed by atoms with Crippen molar-refractivity contribution in [1.29, 1.82) is 0 Å². The molecule has 0 fully saturated rings. The maximum absolute atomic E-state index is 12.3. The first-order valence-electron chi connectivity index (χ1n) is 8.45. The van der Waals surface area contributed by atoms with Crippen LogP contribution in [0.15, 0.2) is 40.7 Å². The van der Waals surface area contributed by atoms with Crippen LogP contribution in [-0.4, -0.2) is 50.6 Å². The van der Waals surface area contributed by atoms with Crippen LogP contribution in [0.2, 0.25) is 0 Å². The lowest BCUT2D eigenvalue weighted by Gasteiger charge is -2.26. The number of nitrogens with one attached hydrogen (secondary N) is 2. The van der Waals surface area contributed by atoms with Gasteiger partial charge in [0.2, 0.25) is 5.16 Å². The summed E-state index contributed by atoms with van der Waals surface area (Å²) in [5.74, 6) is -0.135. The molecule has 10 heteroatoms. The van der Waals surface area contributed by atoms with Crippen molar-refractivity contribution < 1.29 is 14.3 Å². The van der Waals surface area contributed by atoms with Crippen LogP contribution >= 0.6 is 11.8 Å². The summed E-state index contributed by atoms with van der Waals surface area (Å²) >= 11 is 1.32. The third-order valence-corrected chi connectivity index (χ3v) is 4.88. The summed E-state index contributed by atoms with van der Waals surface area (Å²) < 4.78 is 6.73. The number of benzene rings is 1. The Morgan fingerprint density at radius 3 is 2.78 bits per heavy atom. The number of hydrogen-bond acceptors (Lipinski definition) is 7. The summed E-state index contributed by atoms with van der Waals surface area (Å²) in [7, 11) is 0. The highest BCUT2D eigenvalue weighted by Crippen LogP contribution is 2.24. The van der Waals surface area contributed by atoms with E-state index in [0.717, 1.165) is 11.3 Å². The second-order valence-electron chi connectivity index (χ2n) is 5.93. The van der Waals surface area contributed by atoms with E-state index in [2.05, 4.69) is 26.2 Å². The minimum Gasteiger partial charge on any atom is -0.463 e. The fourth-order valence-electron chi connectivity index (χ4n) is 2.65. The Morgan fingerprint density at radius 1 is 1.33 bits per heavy atom. The summed E-state index contributed by atoms with van der Waals surface area (Å²) in [6.45, 7) is 5.74. The lowest BCUT2D eigenvalue weighted by molar-refractivity contribution is -0.138. The molecule has 27 heavy (non-hydrogen) atoms. The predicted molar refractivity (Wildman–Crippen MR) is 99.4 cm³/mol. The Bertz CT molecular complexity index is 877. The van der Waals surface area contributed by atoms with Gasteiger partial charge in [0.1, 0.15) is 0 Å². The minimum atomic E-state index is -0.453. The van der Waals surface area contributed by atoms with E-state index in [1.54, 1.807) is 18.5 Å². The molecule has 2 heterocycles. The van der Waals surface area contributed by atoms with Crippen molar-refractivity contribution >= 4 is 23.8 Å². The molecule has 1 atom stereocenters. The summed E-state index contributed by atoms with van der Waals surface area (Å²) in [5.41, 5.74) is 2.86. The molecule has 2 N–H and O–H groups in total. The number of rotatable bonds is 6. The van der Waals surface area contributed by atoms with Gasteiger partial charge >= 0.3 is 12.0 Å². The van der Waals surface area contributed by atoms with Gasteiger partial charge in [-0.05, 0) is 43.3 Å². The van der Waals surface area contributed by atoms with Crippen LogP contribution in [0.5, 0.6) is 0 Å². The smallest absolute Gasteiger partial charge is 0.337 e. The number of urea groups is 1. The maximum atomic E-state index is 12.3. The first kappa shape index (κ1) is 18.9. The Hall–Kier alpha value is -2.88. The van der Waals surface area contributed by atoms with Gasteiger partial charge in [-0.3, -0.25) is 0 Å². The number of aryl methyl sites for hydroxylation is 1. The summed E-state index contributed by atoms with van der Waals surface area (Å²) in [6, 6.07) is 7.00. The van der Waals surface area contributed by atoms with Gasteiger partial charge in [-0.25, -0.2) is 9.59 Å². The molecule has 2 amide bonds. The molecule has 0 aliphatic carbocycles. The van der Waals surface area contributed by atoms with Gasteiger partial charge in [-0.2, -0.15) is 4.68 Å². The first-order valence-corrected chi connectivity index (χ1v) is 9.44. The van der Waals surface area contributed by atoms with Gasteiger partial charge in [0.15, 0.2) is 0 Å². The molecule has 0 bridgehead atoms. The number of carbonyl (C=O) groups is 2. The average Bonchev–Trinajstić information content (AvgIpc) is 3.08. The molecule has 0 spiro atoms. The van der Waals surface area contributed by atoms with E-state index in [4.69, 9.17) is 4.74 Å². The van der Waals surface area contributed by atoms with E-state index in [0.29, 0.717) is 22.2 Å². The van der Waals surface area contributed by atoms with E-state index in [9.17, 15) is 9.59 Å². The van der Waals surface area contributed by atoms with Crippen molar-refractivity contribution in [3.8, 4) is 5.69 Å². The molecular weight excluding hydrogens is 368 g/mol. The number of ether oxygens (including phenoxy) is 1. The van der Waals surface area contributed by atoms with Crippen molar-refractivity contribution in [2.75, 3.05) is 12.4 Å². The second kappa shape index (κ2) is 8.21. The molecule has 1 aliphatic rings. The van der Waals surface area contributed by atoms with E-state index < -0.39 is 12.0 Å². The summed E-state index contributed by atoms with van der Waals surface area (Å²) in [6.07, 6.45) is 0. The molecule has 1 aromatic heterocycles. The monoisotopic (exact) mass is 388 g/mol. The normalized spacial score (nSPS) is 16.7. The Balaban J connectivity index is 1.83. The van der Waals surface area contributed by atoms with Gasteiger partial charge < -0.3 is 15.4 Å². The summed E-state index contributed by atoms with van der Waals surface area (Å²) in [4.78, 5) is 24.1. The van der Waals surface area contributed by atoms with E-state index in [-0.39, 0.29) is 12.6 Å². The largest absolute Gasteiger partial charge is 0.463 e. The maximum Gasteiger partial charge on any atom is 0.337 e. The van der Waals surface area contributed by atoms with Crippen LogP contribution in [-0.2, 0) is 9.53 Å². The van der Waals surface area contributed by atoms with Crippen molar-refractivity contribution in [3.63, 3.8) is 0 Å². The van der Waals surface area contributed by atoms with Gasteiger partial charge in [-0.1, -0.05) is 29.5 Å². The molecule has 0 saturated heterocycles. The highest BCUT2D eigenvalue weighted by molar-refractivity contribution is 7.99. The number of amides is 2. The Labute approximate surface area is 160 Å². The number of esters is 1. The molecule has 0 radical (unpaired) electrons. The molecular formula is C17H20N6O3S. The molecule has 0 saturated carbocycles. The highest BCUT2D eigenvalue weighted by atomic mass is 32.2. The van der Waals surface area contributed by atoms with Gasteiger partial charge in [0.05, 0.1) is 23.9 Å². The lowest BCUT2D eigenvalue weighted by atomic mass is 10.1. The van der Waals surface area contributed by atoms with Crippen LogP contribution in [0.25, 0.3) is 5.69 Å². The molecule has 2 aromatic rings. The topological polar surface area (TPSA) is 111 Å². The fraction of sp³-hybridized carbons (Fsp3) is 0.353. The van der Waals surface area contributed by atoms with Crippen LogP contribution in [0.1, 0.15) is 19.4 Å². The number of carbonyl (C=O) groups excluding carboxylic acids is 2. The number of aromatic nitrogens is 4. The number of tetrazole rings is 1. The van der Waals surface area contributed by atoms with Crippen LogP contribution < -0.4 is 10.6 Å². The Morgan fingerprint density at radius 2 is 2.07 bits per heavy atom. The highest BCUT2D eigenvalue weighted by Gasteiger charge is 2.30. The number of thioether (sulfide) groups is 1. The van der Waals surface area contributed by atoms with E-state index in [1.165, 1.54) is 11.8 Å². The second-order valence-corrected chi connectivity index (χ2v) is 6.87. The lowest BCUT2D eigenvalue weighted by Crippen LogP contribution is -2.49. The van der Waals surface area contributed by atoms with Crippen molar-refractivity contribution in [3.05, 3.63) is 41.1 Å². The third-order valence-electron chi connectivity index (χ3n) is 3.93. The zero-order valence-electron chi connectivity index (χ0n) is 15.2.